The second-order valence-corrected chi connectivity index (χ2v) is 5.12. The number of likely N-dealkylation sites (N-methyl/N-ethyl adjacent to an activating group) is 1. The zero-order valence-corrected chi connectivity index (χ0v) is 11.8. The van der Waals surface area contributed by atoms with E-state index in [2.05, 4.69) is 4.98 Å². The summed E-state index contributed by atoms with van der Waals surface area (Å²) in [6.45, 7) is 5.72. The van der Waals surface area contributed by atoms with Gasteiger partial charge in [-0.15, -0.1) is 0 Å². The van der Waals surface area contributed by atoms with Gasteiger partial charge in [-0.2, -0.15) is 0 Å². The number of aliphatic carboxylic acids is 1. The van der Waals surface area contributed by atoms with Crippen LogP contribution in [-0.4, -0.2) is 40.0 Å². The van der Waals surface area contributed by atoms with Crippen LogP contribution in [0, 0.1) is 12.8 Å². The number of carboxylic acid groups (broad SMARTS) is 1. The summed E-state index contributed by atoms with van der Waals surface area (Å²) in [7, 11) is 1.51. The summed E-state index contributed by atoms with van der Waals surface area (Å²) in [5, 5.41) is 9.23. The normalized spacial score (nSPS) is 12.3. The molecule has 0 fully saturated rings. The molecule has 5 heteroatoms. The Morgan fingerprint density at radius 3 is 2.53 bits per heavy atom. The van der Waals surface area contributed by atoms with Crippen molar-refractivity contribution in [1.29, 1.82) is 0 Å². The minimum absolute atomic E-state index is 0.196. The number of aryl methyl sites for hydroxylation is 1. The zero-order valence-electron chi connectivity index (χ0n) is 11.8. The van der Waals surface area contributed by atoms with Gasteiger partial charge in [-0.25, -0.2) is 4.79 Å². The maximum Gasteiger partial charge on any atom is 0.326 e. The molecule has 0 bridgehead atoms. The lowest BCUT2D eigenvalue weighted by atomic mass is 10.0. The van der Waals surface area contributed by atoms with E-state index >= 15 is 0 Å². The van der Waals surface area contributed by atoms with Crippen LogP contribution in [0.3, 0.4) is 0 Å². The zero-order chi connectivity index (χ0) is 14.6. The molecule has 5 nitrogen and oxygen atoms in total. The van der Waals surface area contributed by atoms with E-state index in [4.69, 9.17) is 0 Å². The van der Waals surface area contributed by atoms with Gasteiger partial charge in [0.25, 0.3) is 5.91 Å². The Morgan fingerprint density at radius 1 is 1.42 bits per heavy atom. The largest absolute Gasteiger partial charge is 0.480 e. The molecule has 1 rings (SSSR count). The van der Waals surface area contributed by atoms with Gasteiger partial charge < -0.3 is 10.0 Å². The Balaban J connectivity index is 2.93. The molecule has 1 unspecified atom stereocenters. The molecule has 0 aliphatic carbocycles. The minimum Gasteiger partial charge on any atom is -0.480 e. The number of amides is 1. The third-order valence-corrected chi connectivity index (χ3v) is 2.90. The molecule has 0 aliphatic rings. The fourth-order valence-corrected chi connectivity index (χ4v) is 1.85. The van der Waals surface area contributed by atoms with Crippen LogP contribution < -0.4 is 0 Å². The number of carbonyl (C=O) groups excluding carboxylic acids is 1. The fourth-order valence-electron chi connectivity index (χ4n) is 1.85. The smallest absolute Gasteiger partial charge is 0.326 e. The van der Waals surface area contributed by atoms with Crippen LogP contribution in [0.15, 0.2) is 18.3 Å². The van der Waals surface area contributed by atoms with Gasteiger partial charge in [-0.3, -0.25) is 9.78 Å². The van der Waals surface area contributed by atoms with Crippen LogP contribution in [0.4, 0.5) is 0 Å². The van der Waals surface area contributed by atoms with Gasteiger partial charge in [-0.1, -0.05) is 13.8 Å². The molecule has 19 heavy (non-hydrogen) atoms. The van der Waals surface area contributed by atoms with E-state index in [1.807, 2.05) is 20.8 Å². The summed E-state index contributed by atoms with van der Waals surface area (Å²) >= 11 is 0. The van der Waals surface area contributed by atoms with E-state index in [1.54, 1.807) is 18.3 Å². The number of carbonyl (C=O) groups is 2. The first kappa shape index (κ1) is 15.1. The van der Waals surface area contributed by atoms with Crippen molar-refractivity contribution >= 4 is 11.9 Å². The molecule has 0 spiro atoms. The molecule has 1 aromatic rings. The third kappa shape index (κ3) is 4.05. The Morgan fingerprint density at radius 2 is 2.05 bits per heavy atom. The molecule has 0 aromatic carbocycles. The molecule has 0 radical (unpaired) electrons. The minimum atomic E-state index is -0.989. The topological polar surface area (TPSA) is 70.5 Å². The van der Waals surface area contributed by atoms with Crippen LogP contribution in [0.5, 0.6) is 0 Å². The highest BCUT2D eigenvalue weighted by Gasteiger charge is 2.28. The van der Waals surface area contributed by atoms with E-state index in [0.29, 0.717) is 6.42 Å². The van der Waals surface area contributed by atoms with Crippen LogP contribution in [-0.2, 0) is 4.79 Å². The summed E-state index contributed by atoms with van der Waals surface area (Å²) in [6.07, 6.45) is 1.97. The summed E-state index contributed by atoms with van der Waals surface area (Å²) in [5.41, 5.74) is 1.19. The molecule has 1 aromatic heterocycles. The summed E-state index contributed by atoms with van der Waals surface area (Å²) in [5.74, 6) is -1.16. The molecular formula is C14H20N2O3. The Hall–Kier alpha value is -1.91. The number of carboxylic acids is 1. The van der Waals surface area contributed by atoms with Crippen LogP contribution in [0.2, 0.25) is 0 Å². The van der Waals surface area contributed by atoms with Crippen molar-refractivity contribution < 1.29 is 14.7 Å². The van der Waals surface area contributed by atoms with Gasteiger partial charge in [0, 0.05) is 13.2 Å². The van der Waals surface area contributed by atoms with E-state index in [9.17, 15) is 14.7 Å². The number of pyridine rings is 1. The number of nitrogens with zero attached hydrogens (tertiary/aromatic N) is 2. The maximum absolute atomic E-state index is 12.2. The van der Waals surface area contributed by atoms with Crippen LogP contribution in [0.25, 0.3) is 0 Å². The Kier molecular flexibility index (Phi) is 5.03. The average Bonchev–Trinajstić information content (AvgIpc) is 2.33. The van der Waals surface area contributed by atoms with Gasteiger partial charge in [0.15, 0.2) is 0 Å². The van der Waals surface area contributed by atoms with Crippen LogP contribution >= 0.6 is 0 Å². The molecule has 1 N–H and O–H groups in total. The van der Waals surface area contributed by atoms with Gasteiger partial charge in [0.2, 0.25) is 0 Å². The number of hydrogen-bond acceptors (Lipinski definition) is 3. The lowest BCUT2D eigenvalue weighted by molar-refractivity contribution is -0.142. The SMILES string of the molecule is Cc1ccnc(C(=O)N(C)C(CC(C)C)C(=O)O)c1. The number of hydrogen-bond donors (Lipinski definition) is 1. The highest BCUT2D eigenvalue weighted by atomic mass is 16.4. The molecule has 0 saturated heterocycles. The van der Waals surface area contributed by atoms with Crippen molar-refractivity contribution in [1.82, 2.24) is 9.88 Å². The van der Waals surface area contributed by atoms with Crippen molar-refractivity contribution in [3.05, 3.63) is 29.6 Å². The van der Waals surface area contributed by atoms with E-state index in [1.165, 1.54) is 11.9 Å². The van der Waals surface area contributed by atoms with Crippen molar-refractivity contribution in [3.63, 3.8) is 0 Å². The number of aromatic nitrogens is 1. The van der Waals surface area contributed by atoms with E-state index < -0.39 is 12.0 Å². The predicted octanol–water partition coefficient (Wildman–Crippen LogP) is 1.96. The first-order chi connectivity index (χ1) is 8.82. The molecule has 1 heterocycles. The van der Waals surface area contributed by atoms with Gasteiger partial charge in [-0.05, 0) is 37.0 Å². The Labute approximate surface area is 113 Å². The summed E-state index contributed by atoms with van der Waals surface area (Å²) in [4.78, 5) is 28.7. The quantitative estimate of drug-likeness (QED) is 0.882. The fraction of sp³-hybridized carbons (Fsp3) is 0.500. The average molecular weight is 264 g/mol. The van der Waals surface area contributed by atoms with Gasteiger partial charge in [0.1, 0.15) is 11.7 Å². The molecule has 1 atom stereocenters. The molecule has 104 valence electrons. The van der Waals surface area contributed by atoms with Crippen molar-refractivity contribution in [3.8, 4) is 0 Å². The molecule has 1 amide bonds. The predicted molar refractivity (Wildman–Crippen MR) is 71.9 cm³/mol. The highest BCUT2D eigenvalue weighted by molar-refractivity contribution is 5.94. The van der Waals surface area contributed by atoms with Crippen molar-refractivity contribution in [2.75, 3.05) is 7.05 Å². The Bertz CT molecular complexity index is 472. The highest BCUT2D eigenvalue weighted by Crippen LogP contribution is 2.13. The maximum atomic E-state index is 12.2. The molecule has 0 saturated carbocycles. The first-order valence-electron chi connectivity index (χ1n) is 6.25. The second-order valence-electron chi connectivity index (χ2n) is 5.12. The van der Waals surface area contributed by atoms with E-state index in [-0.39, 0.29) is 17.5 Å². The molecular weight excluding hydrogens is 244 g/mol. The lowest BCUT2D eigenvalue weighted by Gasteiger charge is -2.25. The summed E-state index contributed by atoms with van der Waals surface area (Å²) < 4.78 is 0. The lowest BCUT2D eigenvalue weighted by Crippen LogP contribution is -2.43. The standard InChI is InChI=1S/C14H20N2O3/c1-9(2)7-12(14(18)19)16(4)13(17)11-8-10(3)5-6-15-11/h5-6,8-9,12H,7H2,1-4H3,(H,18,19). The first-order valence-corrected chi connectivity index (χ1v) is 6.25. The molecule has 0 aliphatic heterocycles. The monoisotopic (exact) mass is 264 g/mol. The number of rotatable bonds is 5. The van der Waals surface area contributed by atoms with E-state index in [0.717, 1.165) is 5.56 Å². The van der Waals surface area contributed by atoms with Crippen LogP contribution in [0.1, 0.15) is 36.3 Å². The van der Waals surface area contributed by atoms with Gasteiger partial charge >= 0.3 is 5.97 Å². The van der Waals surface area contributed by atoms with Crippen molar-refractivity contribution in [2.24, 2.45) is 5.92 Å². The third-order valence-electron chi connectivity index (χ3n) is 2.90. The summed E-state index contributed by atoms with van der Waals surface area (Å²) in [6, 6.07) is 2.63. The van der Waals surface area contributed by atoms with Crippen molar-refractivity contribution in [2.45, 2.75) is 33.2 Å². The second kappa shape index (κ2) is 6.31. The van der Waals surface area contributed by atoms with Gasteiger partial charge in [0.05, 0.1) is 0 Å².